The molecule has 6 rings (SSSR count). The maximum Gasteiger partial charge on any atom is 0.313 e. The van der Waals surface area contributed by atoms with Crippen LogP contribution in [0.1, 0.15) is 58.7 Å². The van der Waals surface area contributed by atoms with Gasteiger partial charge in [0.15, 0.2) is 0 Å². The van der Waals surface area contributed by atoms with E-state index in [4.69, 9.17) is 9.72 Å². The second-order valence-electron chi connectivity index (χ2n) is 8.77. The van der Waals surface area contributed by atoms with Gasteiger partial charge in [-0.2, -0.15) is 0 Å². The quantitative estimate of drug-likeness (QED) is 0.480. The van der Waals surface area contributed by atoms with Crippen molar-refractivity contribution in [3.05, 3.63) is 61.7 Å². The minimum Gasteiger partial charge on any atom is -0.460 e. The molecular formula is C24H22FN3O3. The molecule has 1 aromatic carbocycles. The number of fused-ring (bicyclic) bond motifs is 5. The molecule has 0 saturated carbocycles. The summed E-state index contributed by atoms with van der Waals surface area (Å²) in [5, 5.41) is 4.42. The first-order chi connectivity index (χ1) is 14.9. The smallest absolute Gasteiger partial charge is 0.313 e. The highest BCUT2D eigenvalue weighted by atomic mass is 19.1. The van der Waals surface area contributed by atoms with Gasteiger partial charge < -0.3 is 14.6 Å². The molecule has 2 atom stereocenters. The standard InChI is InChI=1S/C24H22FN3O3/c1-10-12-4-5-17(26-3)21-14-8-28-19(22(14)27-18(20(12)21)7-16(10)25)6-13-11(2)24(30)31-9-15(13)23(28)29/h6-7,11,17,26H,4-5,8-9H2,1-3H3. The van der Waals surface area contributed by atoms with Gasteiger partial charge in [-0.15, -0.1) is 0 Å². The molecule has 2 aliphatic heterocycles. The SMILES string of the molecule is CNC1CCc2c(C)c(F)cc3nc4c(c1c23)Cn1c-4cc2c(c1=O)COC(=O)C2C. The number of aromatic nitrogens is 2. The molecule has 0 bridgehead atoms. The number of halogens is 1. The van der Waals surface area contributed by atoms with Crippen LogP contribution in [0.3, 0.4) is 0 Å². The summed E-state index contributed by atoms with van der Waals surface area (Å²) in [4.78, 5) is 30.3. The van der Waals surface area contributed by atoms with Gasteiger partial charge in [-0.1, -0.05) is 0 Å². The lowest BCUT2D eigenvalue weighted by molar-refractivity contribution is -0.147. The van der Waals surface area contributed by atoms with Crippen molar-refractivity contribution < 1.29 is 13.9 Å². The maximum absolute atomic E-state index is 14.7. The second-order valence-corrected chi connectivity index (χ2v) is 8.77. The van der Waals surface area contributed by atoms with Crippen LogP contribution in [0.15, 0.2) is 16.9 Å². The van der Waals surface area contributed by atoms with Crippen LogP contribution < -0.4 is 10.9 Å². The van der Waals surface area contributed by atoms with Crippen LogP contribution in [0.2, 0.25) is 0 Å². The Kier molecular flexibility index (Phi) is 3.76. The van der Waals surface area contributed by atoms with Crippen molar-refractivity contribution >= 4 is 16.9 Å². The number of cyclic esters (lactones) is 1. The van der Waals surface area contributed by atoms with Gasteiger partial charge in [-0.25, -0.2) is 9.37 Å². The lowest BCUT2D eigenvalue weighted by atomic mass is 9.82. The number of hydrogen-bond acceptors (Lipinski definition) is 5. The minimum absolute atomic E-state index is 0.00389. The molecular weight excluding hydrogens is 397 g/mol. The van der Waals surface area contributed by atoms with Crippen LogP contribution in [0.5, 0.6) is 0 Å². The first-order valence-electron chi connectivity index (χ1n) is 10.7. The average Bonchev–Trinajstić information content (AvgIpc) is 3.13. The normalized spacial score (nSPS) is 21.0. The molecule has 1 aliphatic carbocycles. The van der Waals surface area contributed by atoms with Crippen molar-refractivity contribution in [1.82, 2.24) is 14.9 Å². The average molecular weight is 419 g/mol. The van der Waals surface area contributed by atoms with Gasteiger partial charge in [0.1, 0.15) is 12.4 Å². The predicted molar refractivity (Wildman–Crippen MR) is 114 cm³/mol. The van der Waals surface area contributed by atoms with E-state index in [0.717, 1.165) is 34.9 Å². The van der Waals surface area contributed by atoms with Crippen LogP contribution in [-0.2, 0) is 29.1 Å². The molecule has 1 N–H and O–H groups in total. The third-order valence-corrected chi connectivity index (χ3v) is 7.30. The molecule has 2 aromatic heterocycles. The molecule has 0 fully saturated rings. The molecule has 3 aromatic rings. The van der Waals surface area contributed by atoms with Gasteiger partial charge in [0, 0.05) is 23.1 Å². The zero-order chi connectivity index (χ0) is 21.6. The Morgan fingerprint density at radius 1 is 1.23 bits per heavy atom. The number of pyridine rings is 2. The molecule has 4 heterocycles. The van der Waals surface area contributed by atoms with E-state index in [1.54, 1.807) is 11.5 Å². The molecule has 0 saturated heterocycles. The highest BCUT2D eigenvalue weighted by Crippen LogP contribution is 2.45. The van der Waals surface area contributed by atoms with Gasteiger partial charge >= 0.3 is 5.97 Å². The van der Waals surface area contributed by atoms with E-state index in [1.807, 2.05) is 20.0 Å². The molecule has 31 heavy (non-hydrogen) atoms. The number of ether oxygens (including phenoxy) is 1. The summed E-state index contributed by atoms with van der Waals surface area (Å²) in [7, 11) is 1.93. The predicted octanol–water partition coefficient (Wildman–Crippen LogP) is 3.24. The van der Waals surface area contributed by atoms with Crippen molar-refractivity contribution in [3.63, 3.8) is 0 Å². The number of aryl methyl sites for hydroxylation is 1. The van der Waals surface area contributed by atoms with Crippen molar-refractivity contribution in [1.29, 1.82) is 0 Å². The van der Waals surface area contributed by atoms with Crippen LogP contribution >= 0.6 is 0 Å². The number of hydrogen-bond donors (Lipinski definition) is 1. The molecule has 6 nitrogen and oxygen atoms in total. The molecule has 0 radical (unpaired) electrons. The topological polar surface area (TPSA) is 73.2 Å². The van der Waals surface area contributed by atoms with Crippen LogP contribution in [0, 0.1) is 12.7 Å². The summed E-state index contributed by atoms with van der Waals surface area (Å²) in [6.07, 6.45) is 1.65. The molecule has 7 heteroatoms. The van der Waals surface area contributed by atoms with Crippen LogP contribution in [0.4, 0.5) is 4.39 Å². The Hall–Kier alpha value is -3.06. The van der Waals surface area contributed by atoms with Gasteiger partial charge in [-0.3, -0.25) is 9.59 Å². The summed E-state index contributed by atoms with van der Waals surface area (Å²) >= 11 is 0. The third kappa shape index (κ3) is 2.32. The van der Waals surface area contributed by atoms with Crippen molar-refractivity contribution in [2.75, 3.05) is 7.05 Å². The van der Waals surface area contributed by atoms with Gasteiger partial charge in [0.2, 0.25) is 0 Å². The first-order valence-corrected chi connectivity index (χ1v) is 10.7. The molecule has 158 valence electrons. The Bertz CT molecular complexity index is 1390. The number of carbonyl (C=O) groups excluding carboxylic acids is 1. The lowest BCUT2D eigenvalue weighted by Crippen LogP contribution is -2.31. The second kappa shape index (κ2) is 6.23. The molecule has 0 spiro atoms. The monoisotopic (exact) mass is 419 g/mol. The number of carbonyl (C=O) groups is 1. The largest absolute Gasteiger partial charge is 0.460 e. The van der Waals surface area contributed by atoms with Gasteiger partial charge in [-0.05, 0) is 62.1 Å². The van der Waals surface area contributed by atoms with E-state index in [0.29, 0.717) is 40.1 Å². The van der Waals surface area contributed by atoms with E-state index < -0.39 is 5.92 Å². The third-order valence-electron chi connectivity index (χ3n) is 7.30. The fourth-order valence-corrected chi connectivity index (χ4v) is 5.58. The number of esters is 1. The van der Waals surface area contributed by atoms with Crippen LogP contribution in [0.25, 0.3) is 22.3 Å². The van der Waals surface area contributed by atoms with E-state index >= 15 is 0 Å². The summed E-state index contributed by atoms with van der Waals surface area (Å²) in [5.41, 5.74) is 6.96. The summed E-state index contributed by atoms with van der Waals surface area (Å²) in [6.45, 7) is 4.01. The lowest BCUT2D eigenvalue weighted by Gasteiger charge is -2.28. The molecule has 2 unspecified atom stereocenters. The zero-order valence-corrected chi connectivity index (χ0v) is 17.6. The van der Waals surface area contributed by atoms with Crippen LogP contribution in [-0.4, -0.2) is 22.6 Å². The zero-order valence-electron chi connectivity index (χ0n) is 17.6. The number of rotatable bonds is 1. The fraction of sp³-hybridized carbons (Fsp3) is 0.375. The number of nitrogens with one attached hydrogen (secondary N) is 1. The Morgan fingerprint density at radius 3 is 2.81 bits per heavy atom. The highest BCUT2D eigenvalue weighted by Gasteiger charge is 2.36. The summed E-state index contributed by atoms with van der Waals surface area (Å²) < 4.78 is 21.6. The van der Waals surface area contributed by atoms with E-state index in [1.165, 1.54) is 6.07 Å². The summed E-state index contributed by atoms with van der Waals surface area (Å²) in [5.74, 6) is -1.07. The number of nitrogens with zero attached hydrogens (tertiary/aromatic N) is 2. The Balaban J connectivity index is 1.70. The fourth-order valence-electron chi connectivity index (χ4n) is 5.58. The summed E-state index contributed by atoms with van der Waals surface area (Å²) in [6, 6.07) is 3.52. The van der Waals surface area contributed by atoms with Gasteiger partial charge in [0.05, 0.1) is 34.9 Å². The number of benzene rings is 1. The minimum atomic E-state index is -0.498. The van der Waals surface area contributed by atoms with E-state index in [-0.39, 0.29) is 30.0 Å². The highest BCUT2D eigenvalue weighted by molar-refractivity contribution is 5.93. The van der Waals surface area contributed by atoms with Gasteiger partial charge in [0.25, 0.3) is 5.56 Å². The first kappa shape index (κ1) is 18.7. The van der Waals surface area contributed by atoms with E-state index in [9.17, 15) is 14.0 Å². The Morgan fingerprint density at radius 2 is 2.03 bits per heavy atom. The molecule has 0 amide bonds. The molecule has 3 aliphatic rings. The van der Waals surface area contributed by atoms with Crippen molar-refractivity contribution in [2.45, 2.75) is 51.8 Å². The van der Waals surface area contributed by atoms with E-state index in [2.05, 4.69) is 5.32 Å². The Labute approximate surface area is 178 Å². The van der Waals surface area contributed by atoms with Crippen molar-refractivity contribution in [2.24, 2.45) is 0 Å². The maximum atomic E-state index is 14.7. The van der Waals surface area contributed by atoms with Crippen molar-refractivity contribution in [3.8, 4) is 11.4 Å².